The molecule has 1 heterocycles. The Hall–Kier alpha value is -1.80. The molecular weight excluding hydrogens is 362 g/mol. The first-order chi connectivity index (χ1) is 9.70. The molecule has 0 aliphatic carbocycles. The monoisotopic (exact) mass is 373 g/mol. The van der Waals surface area contributed by atoms with Crippen LogP contribution < -0.4 is 4.72 Å². The van der Waals surface area contributed by atoms with Crippen molar-refractivity contribution in [2.45, 2.75) is 18.7 Å². The maximum Gasteiger partial charge on any atom is 0.371 e. The first kappa shape index (κ1) is 15.6. The van der Waals surface area contributed by atoms with Gasteiger partial charge in [-0.2, -0.15) is 0 Å². The van der Waals surface area contributed by atoms with Gasteiger partial charge in [-0.1, -0.05) is 22.0 Å². The number of anilines is 1. The van der Waals surface area contributed by atoms with Gasteiger partial charge in [-0.15, -0.1) is 0 Å². The van der Waals surface area contributed by atoms with Crippen molar-refractivity contribution in [1.29, 1.82) is 0 Å². The number of hydrogen-bond donors (Lipinski definition) is 2. The number of aryl methyl sites for hydroxylation is 2. The fraction of sp³-hybridized carbons (Fsp3) is 0.154. The molecule has 0 aliphatic heterocycles. The number of carboxylic acids is 1. The molecule has 0 aliphatic rings. The quantitative estimate of drug-likeness (QED) is 0.857. The van der Waals surface area contributed by atoms with Gasteiger partial charge in [-0.3, -0.25) is 4.72 Å². The van der Waals surface area contributed by atoms with E-state index >= 15 is 0 Å². The fourth-order valence-corrected chi connectivity index (χ4v) is 3.40. The molecular formula is C13H12BrNO5S. The van der Waals surface area contributed by atoms with Crippen molar-refractivity contribution in [3.8, 4) is 0 Å². The maximum absolute atomic E-state index is 12.3. The van der Waals surface area contributed by atoms with Crippen LogP contribution in [0.4, 0.5) is 5.69 Å². The van der Waals surface area contributed by atoms with E-state index in [0.717, 1.165) is 16.1 Å². The highest BCUT2D eigenvalue weighted by Gasteiger charge is 2.24. The van der Waals surface area contributed by atoms with Crippen LogP contribution >= 0.6 is 15.9 Å². The largest absolute Gasteiger partial charge is 0.475 e. The molecule has 0 saturated heterocycles. The number of halogens is 1. The summed E-state index contributed by atoms with van der Waals surface area (Å²) in [5, 5.41) is 8.84. The predicted octanol–water partition coefficient (Wildman–Crippen LogP) is 3.16. The van der Waals surface area contributed by atoms with Crippen LogP contribution in [-0.4, -0.2) is 19.5 Å². The predicted molar refractivity (Wildman–Crippen MR) is 80.1 cm³/mol. The number of sulfonamides is 1. The first-order valence-electron chi connectivity index (χ1n) is 5.83. The van der Waals surface area contributed by atoms with Crippen LogP contribution in [-0.2, 0) is 10.0 Å². The van der Waals surface area contributed by atoms with Gasteiger partial charge in [0.25, 0.3) is 10.0 Å². The van der Waals surface area contributed by atoms with Crippen molar-refractivity contribution >= 4 is 37.6 Å². The fourth-order valence-electron chi connectivity index (χ4n) is 1.74. The number of carbonyl (C=O) groups is 1. The lowest BCUT2D eigenvalue weighted by Crippen LogP contribution is -2.14. The average molecular weight is 374 g/mol. The Bertz CT molecular complexity index is 810. The Morgan fingerprint density at radius 1 is 1.29 bits per heavy atom. The zero-order chi connectivity index (χ0) is 15.8. The summed E-state index contributed by atoms with van der Waals surface area (Å²) in [6, 6.07) is 6.17. The Labute approximate surface area is 130 Å². The van der Waals surface area contributed by atoms with Crippen molar-refractivity contribution in [3.05, 3.63) is 45.8 Å². The summed E-state index contributed by atoms with van der Waals surface area (Å²) in [6.45, 7) is 3.16. The number of furan rings is 1. The average Bonchev–Trinajstić information content (AvgIpc) is 2.77. The summed E-state index contributed by atoms with van der Waals surface area (Å²) in [6.07, 6.45) is 0. The highest BCUT2D eigenvalue weighted by atomic mass is 79.9. The van der Waals surface area contributed by atoms with Crippen LogP contribution in [0.1, 0.15) is 21.9 Å². The van der Waals surface area contributed by atoms with Crippen LogP contribution in [0.25, 0.3) is 0 Å². The summed E-state index contributed by atoms with van der Waals surface area (Å²) in [5.74, 6) is -1.72. The second-order valence-corrected chi connectivity index (χ2v) is 6.97. The molecule has 0 amide bonds. The van der Waals surface area contributed by atoms with E-state index in [1.807, 2.05) is 0 Å². The molecule has 0 spiro atoms. The van der Waals surface area contributed by atoms with E-state index in [9.17, 15) is 13.2 Å². The Balaban J connectivity index is 2.43. The number of rotatable bonds is 4. The Morgan fingerprint density at radius 3 is 2.52 bits per heavy atom. The number of hydrogen-bond acceptors (Lipinski definition) is 4. The number of carboxylic acid groups (broad SMARTS) is 1. The minimum Gasteiger partial charge on any atom is -0.475 e. The molecule has 2 N–H and O–H groups in total. The number of nitrogens with one attached hydrogen (secondary N) is 1. The lowest BCUT2D eigenvalue weighted by molar-refractivity contribution is 0.0661. The molecule has 0 saturated carbocycles. The van der Waals surface area contributed by atoms with Crippen molar-refractivity contribution < 1.29 is 22.7 Å². The molecule has 2 aromatic rings. The molecule has 8 heteroatoms. The van der Waals surface area contributed by atoms with Gasteiger partial charge in [0.05, 0.1) is 5.69 Å². The summed E-state index contributed by atoms with van der Waals surface area (Å²) in [4.78, 5) is 10.6. The normalized spacial score (nSPS) is 11.4. The number of benzene rings is 1. The third-order valence-electron chi connectivity index (χ3n) is 2.82. The van der Waals surface area contributed by atoms with E-state index in [-0.39, 0.29) is 10.7 Å². The molecule has 0 atom stereocenters. The molecule has 0 unspecified atom stereocenters. The molecule has 1 aromatic heterocycles. The summed E-state index contributed by atoms with van der Waals surface area (Å²) < 4.78 is 32.8. The SMILES string of the molecule is Cc1ccc(Br)cc1NS(=O)(=O)c1cc(C(=O)O)oc1C. The van der Waals surface area contributed by atoms with E-state index in [1.165, 1.54) is 6.92 Å². The lowest BCUT2D eigenvalue weighted by Gasteiger charge is -2.10. The van der Waals surface area contributed by atoms with Crippen LogP contribution in [0.2, 0.25) is 0 Å². The standard InChI is InChI=1S/C13H12BrNO5S/c1-7-3-4-9(14)5-10(7)15-21(18,19)12-6-11(13(16)17)20-8(12)2/h3-6,15H,1-2H3,(H,16,17). The van der Waals surface area contributed by atoms with Gasteiger partial charge < -0.3 is 9.52 Å². The smallest absolute Gasteiger partial charge is 0.371 e. The lowest BCUT2D eigenvalue weighted by atomic mass is 10.2. The van der Waals surface area contributed by atoms with E-state index in [2.05, 4.69) is 20.7 Å². The summed E-state index contributed by atoms with van der Waals surface area (Å²) in [7, 11) is -3.92. The highest BCUT2D eigenvalue weighted by Crippen LogP contribution is 2.26. The maximum atomic E-state index is 12.3. The molecule has 0 fully saturated rings. The zero-order valence-electron chi connectivity index (χ0n) is 11.2. The Morgan fingerprint density at radius 2 is 1.95 bits per heavy atom. The van der Waals surface area contributed by atoms with Crippen molar-refractivity contribution in [2.75, 3.05) is 4.72 Å². The van der Waals surface area contributed by atoms with Crippen LogP contribution in [0.5, 0.6) is 0 Å². The van der Waals surface area contributed by atoms with E-state index in [4.69, 9.17) is 9.52 Å². The second-order valence-electron chi connectivity index (χ2n) is 4.40. The van der Waals surface area contributed by atoms with Gasteiger partial charge in [0.1, 0.15) is 10.7 Å². The topological polar surface area (TPSA) is 96.6 Å². The van der Waals surface area contributed by atoms with Crippen LogP contribution in [0.15, 0.2) is 38.1 Å². The second kappa shape index (κ2) is 5.53. The third-order valence-corrected chi connectivity index (χ3v) is 4.78. The van der Waals surface area contributed by atoms with Crippen molar-refractivity contribution in [2.24, 2.45) is 0 Å². The molecule has 112 valence electrons. The molecule has 0 radical (unpaired) electrons. The molecule has 2 rings (SSSR count). The van der Waals surface area contributed by atoms with Gasteiger partial charge in [0.2, 0.25) is 5.76 Å². The Kier molecular flexibility index (Phi) is 4.11. The molecule has 0 bridgehead atoms. The van der Waals surface area contributed by atoms with E-state index in [1.54, 1.807) is 25.1 Å². The summed E-state index contributed by atoms with van der Waals surface area (Å²) >= 11 is 3.27. The summed E-state index contributed by atoms with van der Waals surface area (Å²) in [5.41, 5.74) is 1.14. The van der Waals surface area contributed by atoms with Gasteiger partial charge in [-0.25, -0.2) is 13.2 Å². The molecule has 21 heavy (non-hydrogen) atoms. The third kappa shape index (κ3) is 3.27. The first-order valence-corrected chi connectivity index (χ1v) is 8.11. The number of aromatic carboxylic acids is 1. The van der Waals surface area contributed by atoms with Gasteiger partial charge in [0.15, 0.2) is 0 Å². The van der Waals surface area contributed by atoms with Gasteiger partial charge in [-0.05, 0) is 31.5 Å². The van der Waals surface area contributed by atoms with Crippen LogP contribution in [0, 0.1) is 13.8 Å². The van der Waals surface area contributed by atoms with E-state index < -0.39 is 21.8 Å². The van der Waals surface area contributed by atoms with Gasteiger partial charge in [0, 0.05) is 10.5 Å². The highest BCUT2D eigenvalue weighted by molar-refractivity contribution is 9.10. The molecule has 6 nitrogen and oxygen atoms in total. The van der Waals surface area contributed by atoms with Crippen molar-refractivity contribution in [1.82, 2.24) is 0 Å². The minimum atomic E-state index is -3.92. The minimum absolute atomic E-state index is 0.0209. The molecule has 1 aromatic carbocycles. The van der Waals surface area contributed by atoms with E-state index in [0.29, 0.717) is 5.69 Å². The van der Waals surface area contributed by atoms with Crippen LogP contribution in [0.3, 0.4) is 0 Å². The van der Waals surface area contributed by atoms with Gasteiger partial charge >= 0.3 is 5.97 Å². The van der Waals surface area contributed by atoms with Crippen molar-refractivity contribution in [3.63, 3.8) is 0 Å². The zero-order valence-corrected chi connectivity index (χ0v) is 13.6.